The molecule has 15 heavy (non-hydrogen) atoms. The van der Waals surface area contributed by atoms with Gasteiger partial charge in [0.25, 0.3) is 0 Å². The van der Waals surface area contributed by atoms with E-state index in [1.54, 1.807) is 20.8 Å². The highest BCUT2D eigenvalue weighted by Crippen LogP contribution is 2.25. The SMILES string of the molecule is CC(C)(C)C(=O)OC(O)C(C)(C)C(=O)O. The highest BCUT2D eigenvalue weighted by molar-refractivity contribution is 5.77. The minimum atomic E-state index is -1.65. The third kappa shape index (κ3) is 3.51. The first kappa shape index (κ1) is 13.9. The smallest absolute Gasteiger partial charge is 0.315 e. The number of hydrogen-bond donors (Lipinski definition) is 2. The molecule has 0 aromatic heterocycles. The van der Waals surface area contributed by atoms with Crippen LogP contribution in [0.25, 0.3) is 0 Å². The molecule has 1 unspecified atom stereocenters. The van der Waals surface area contributed by atoms with Gasteiger partial charge in [-0.2, -0.15) is 0 Å². The number of aliphatic hydroxyl groups is 1. The van der Waals surface area contributed by atoms with E-state index in [1.807, 2.05) is 0 Å². The van der Waals surface area contributed by atoms with Gasteiger partial charge in [-0.15, -0.1) is 0 Å². The van der Waals surface area contributed by atoms with Gasteiger partial charge in [0, 0.05) is 0 Å². The molecule has 0 saturated carbocycles. The molecule has 0 aromatic rings. The van der Waals surface area contributed by atoms with Crippen molar-refractivity contribution in [1.29, 1.82) is 0 Å². The zero-order valence-corrected chi connectivity index (χ0v) is 9.70. The Morgan fingerprint density at radius 1 is 1.13 bits per heavy atom. The largest absolute Gasteiger partial charge is 0.481 e. The Labute approximate surface area is 89.0 Å². The summed E-state index contributed by atoms with van der Waals surface area (Å²) in [4.78, 5) is 22.1. The van der Waals surface area contributed by atoms with Crippen LogP contribution >= 0.6 is 0 Å². The van der Waals surface area contributed by atoms with E-state index in [-0.39, 0.29) is 0 Å². The Kier molecular flexibility index (Phi) is 3.88. The number of hydrogen-bond acceptors (Lipinski definition) is 4. The first-order valence-corrected chi connectivity index (χ1v) is 4.62. The molecule has 0 aliphatic rings. The van der Waals surface area contributed by atoms with E-state index < -0.39 is 29.1 Å². The summed E-state index contributed by atoms with van der Waals surface area (Å²) in [5.74, 6) is -1.86. The number of ether oxygens (including phenoxy) is 1. The van der Waals surface area contributed by atoms with Crippen molar-refractivity contribution in [2.75, 3.05) is 0 Å². The number of carbonyl (C=O) groups is 2. The molecule has 0 aliphatic heterocycles. The van der Waals surface area contributed by atoms with Crippen molar-refractivity contribution in [3.05, 3.63) is 0 Å². The summed E-state index contributed by atoms with van der Waals surface area (Å²) in [6.07, 6.45) is -1.65. The molecular weight excluding hydrogens is 200 g/mol. The maximum absolute atomic E-state index is 11.4. The summed E-state index contributed by atoms with van der Waals surface area (Å²) >= 11 is 0. The van der Waals surface area contributed by atoms with Crippen LogP contribution in [0.3, 0.4) is 0 Å². The Hall–Kier alpha value is -1.10. The molecule has 0 heterocycles. The average molecular weight is 218 g/mol. The number of rotatable bonds is 3. The van der Waals surface area contributed by atoms with Gasteiger partial charge in [0.15, 0.2) is 0 Å². The number of carboxylic acid groups (broad SMARTS) is 1. The van der Waals surface area contributed by atoms with Crippen LogP contribution in [-0.4, -0.2) is 28.4 Å². The molecule has 5 nitrogen and oxygen atoms in total. The minimum absolute atomic E-state index is 0.635. The van der Waals surface area contributed by atoms with Crippen molar-refractivity contribution < 1.29 is 24.5 Å². The quantitative estimate of drug-likeness (QED) is 0.545. The summed E-state index contributed by atoms with van der Waals surface area (Å²) in [6, 6.07) is 0. The molecule has 0 rings (SSSR count). The summed E-state index contributed by atoms with van der Waals surface area (Å²) < 4.78 is 4.68. The first-order valence-electron chi connectivity index (χ1n) is 4.62. The fraction of sp³-hybridized carbons (Fsp3) is 0.800. The monoisotopic (exact) mass is 218 g/mol. The van der Waals surface area contributed by atoms with E-state index in [2.05, 4.69) is 4.74 Å². The highest BCUT2D eigenvalue weighted by Gasteiger charge is 2.40. The third-order valence-corrected chi connectivity index (χ3v) is 2.00. The van der Waals surface area contributed by atoms with Crippen LogP contribution in [0.5, 0.6) is 0 Å². The summed E-state index contributed by atoms with van der Waals surface area (Å²) in [5, 5.41) is 18.2. The van der Waals surface area contributed by atoms with E-state index in [9.17, 15) is 14.7 Å². The molecule has 0 radical (unpaired) electrons. The second kappa shape index (κ2) is 4.18. The Balaban J connectivity index is 4.58. The molecule has 1 atom stereocenters. The molecule has 0 aromatic carbocycles. The Bertz CT molecular complexity index is 261. The molecule has 5 heteroatoms. The Morgan fingerprint density at radius 3 is 1.80 bits per heavy atom. The maximum atomic E-state index is 11.4. The third-order valence-electron chi connectivity index (χ3n) is 2.00. The van der Waals surface area contributed by atoms with E-state index in [0.717, 1.165) is 0 Å². The fourth-order valence-electron chi connectivity index (χ4n) is 0.531. The van der Waals surface area contributed by atoms with Crippen molar-refractivity contribution in [3.63, 3.8) is 0 Å². The van der Waals surface area contributed by atoms with Gasteiger partial charge in [-0.1, -0.05) is 0 Å². The lowest BCUT2D eigenvalue weighted by molar-refractivity contribution is -0.203. The number of carbonyl (C=O) groups excluding carboxylic acids is 1. The van der Waals surface area contributed by atoms with Gasteiger partial charge in [-0.05, 0) is 34.6 Å². The van der Waals surface area contributed by atoms with Crippen molar-refractivity contribution in [2.24, 2.45) is 10.8 Å². The molecule has 2 N–H and O–H groups in total. The second-order valence-corrected chi connectivity index (χ2v) is 5.03. The van der Waals surface area contributed by atoms with Crippen molar-refractivity contribution in [2.45, 2.75) is 40.9 Å². The molecule has 0 amide bonds. The highest BCUT2D eigenvalue weighted by atomic mass is 16.6. The first-order chi connectivity index (χ1) is 6.49. The molecule has 88 valence electrons. The zero-order chi connectivity index (χ0) is 12.4. The molecular formula is C10H18O5. The number of aliphatic carboxylic acids is 1. The predicted octanol–water partition coefficient (Wildman–Crippen LogP) is 1.00. The van der Waals surface area contributed by atoms with Crippen LogP contribution in [-0.2, 0) is 14.3 Å². The van der Waals surface area contributed by atoms with Crippen LogP contribution in [0, 0.1) is 10.8 Å². The van der Waals surface area contributed by atoms with Crippen LogP contribution < -0.4 is 0 Å². The lowest BCUT2D eigenvalue weighted by atomic mass is 9.92. The van der Waals surface area contributed by atoms with Gasteiger partial charge in [0.05, 0.1) is 5.41 Å². The van der Waals surface area contributed by atoms with E-state index >= 15 is 0 Å². The van der Waals surface area contributed by atoms with Crippen LogP contribution in [0.1, 0.15) is 34.6 Å². The van der Waals surface area contributed by atoms with Gasteiger partial charge >= 0.3 is 11.9 Å². The van der Waals surface area contributed by atoms with Crippen molar-refractivity contribution >= 4 is 11.9 Å². The van der Waals surface area contributed by atoms with E-state index in [0.29, 0.717) is 0 Å². The van der Waals surface area contributed by atoms with Gasteiger partial charge in [0.1, 0.15) is 5.41 Å². The molecule has 0 aliphatic carbocycles. The number of carboxylic acids is 1. The van der Waals surface area contributed by atoms with E-state index in [1.165, 1.54) is 13.8 Å². The number of esters is 1. The van der Waals surface area contributed by atoms with Gasteiger partial charge in [0.2, 0.25) is 6.29 Å². The molecule has 0 bridgehead atoms. The van der Waals surface area contributed by atoms with Gasteiger partial charge in [-0.3, -0.25) is 9.59 Å². The Morgan fingerprint density at radius 2 is 1.53 bits per heavy atom. The molecule has 0 spiro atoms. The second-order valence-electron chi connectivity index (χ2n) is 5.03. The van der Waals surface area contributed by atoms with Gasteiger partial charge in [-0.25, -0.2) is 0 Å². The van der Waals surface area contributed by atoms with Crippen molar-refractivity contribution in [3.8, 4) is 0 Å². The normalized spacial score (nSPS) is 14.5. The predicted molar refractivity (Wildman–Crippen MR) is 53.0 cm³/mol. The standard InChI is InChI=1S/C10H18O5/c1-9(2,3)7(13)15-8(14)10(4,5)6(11)12/h8,14H,1-5H3,(H,11,12). The van der Waals surface area contributed by atoms with Crippen molar-refractivity contribution in [1.82, 2.24) is 0 Å². The number of aliphatic hydroxyl groups excluding tert-OH is 1. The van der Waals surface area contributed by atoms with Crippen LogP contribution in [0.15, 0.2) is 0 Å². The van der Waals surface area contributed by atoms with Crippen LogP contribution in [0.4, 0.5) is 0 Å². The fourth-order valence-corrected chi connectivity index (χ4v) is 0.531. The summed E-state index contributed by atoms with van der Waals surface area (Å²) in [6.45, 7) is 7.44. The zero-order valence-electron chi connectivity index (χ0n) is 9.70. The molecule has 0 fully saturated rings. The minimum Gasteiger partial charge on any atom is -0.481 e. The maximum Gasteiger partial charge on any atom is 0.315 e. The van der Waals surface area contributed by atoms with Crippen LogP contribution in [0.2, 0.25) is 0 Å². The van der Waals surface area contributed by atoms with Gasteiger partial charge < -0.3 is 14.9 Å². The molecule has 0 saturated heterocycles. The summed E-state index contributed by atoms with van der Waals surface area (Å²) in [7, 11) is 0. The van der Waals surface area contributed by atoms with E-state index in [4.69, 9.17) is 5.11 Å². The summed E-state index contributed by atoms with van der Waals surface area (Å²) in [5.41, 5.74) is -2.28. The lowest BCUT2D eigenvalue weighted by Crippen LogP contribution is -2.42. The lowest BCUT2D eigenvalue weighted by Gasteiger charge is -2.28. The topological polar surface area (TPSA) is 83.8 Å². The average Bonchev–Trinajstić information content (AvgIpc) is 2.01.